The number of H-pyrrole nitrogens is 1. The molecule has 4 aromatic rings. The number of fused-ring (bicyclic) bond motifs is 1. The molecule has 2 aromatic heterocycles. The number of hydrogen-bond acceptors (Lipinski definition) is 6. The third-order valence-corrected chi connectivity index (χ3v) is 5.31. The van der Waals surface area contributed by atoms with Crippen LogP contribution in [0.5, 0.6) is 5.75 Å². The number of para-hydroxylation sites is 1. The largest absolute Gasteiger partial charge is 0.493 e. The number of nitrogens with one attached hydrogen (secondary N) is 3. The number of hydrogen-bond donors (Lipinski definition) is 3. The molecule has 1 amide bonds. The molecule has 160 valence electrons. The standard InChI is InChI=1S/C24H22N6O2/c31-24(27-14-19-5-1-3-16-9-12-32-22(16)19)18-4-2-6-20(13-18)26-15-21-28-23(30-29-21)17-7-10-25-11-8-17/h1-8,10-11,13,26H,9,12,14-15H2,(H,27,31)(H,28,29,30). The number of aromatic amines is 1. The average Bonchev–Trinajstić information content (AvgIpc) is 3.52. The Morgan fingerprint density at radius 1 is 1.03 bits per heavy atom. The number of pyridine rings is 1. The third-order valence-electron chi connectivity index (χ3n) is 5.31. The van der Waals surface area contributed by atoms with Crippen LogP contribution in [0.4, 0.5) is 5.69 Å². The predicted molar refractivity (Wildman–Crippen MR) is 120 cm³/mol. The van der Waals surface area contributed by atoms with Gasteiger partial charge in [0, 0.05) is 47.7 Å². The molecular weight excluding hydrogens is 404 g/mol. The normalized spacial score (nSPS) is 12.1. The van der Waals surface area contributed by atoms with Gasteiger partial charge >= 0.3 is 0 Å². The lowest BCUT2D eigenvalue weighted by Crippen LogP contribution is -2.23. The van der Waals surface area contributed by atoms with Gasteiger partial charge in [0.25, 0.3) is 5.91 Å². The van der Waals surface area contributed by atoms with Crippen LogP contribution in [0.1, 0.15) is 27.3 Å². The van der Waals surface area contributed by atoms with Gasteiger partial charge in [0.2, 0.25) is 0 Å². The van der Waals surface area contributed by atoms with Gasteiger partial charge in [-0.2, -0.15) is 0 Å². The third kappa shape index (κ3) is 4.29. The molecule has 0 aliphatic carbocycles. The van der Waals surface area contributed by atoms with Crippen molar-refractivity contribution < 1.29 is 9.53 Å². The van der Waals surface area contributed by atoms with Crippen LogP contribution < -0.4 is 15.4 Å². The Bertz CT molecular complexity index is 1240. The van der Waals surface area contributed by atoms with Crippen molar-refractivity contribution >= 4 is 11.6 Å². The number of nitrogens with zero attached hydrogens (tertiary/aromatic N) is 3. The first-order valence-electron chi connectivity index (χ1n) is 10.4. The lowest BCUT2D eigenvalue weighted by atomic mass is 10.1. The number of carbonyl (C=O) groups excluding carboxylic acids is 1. The van der Waals surface area contributed by atoms with E-state index < -0.39 is 0 Å². The molecule has 0 bridgehead atoms. The minimum absolute atomic E-state index is 0.135. The monoisotopic (exact) mass is 426 g/mol. The maximum absolute atomic E-state index is 12.7. The zero-order valence-corrected chi connectivity index (χ0v) is 17.3. The van der Waals surface area contributed by atoms with Gasteiger partial charge in [-0.05, 0) is 35.9 Å². The van der Waals surface area contributed by atoms with E-state index in [1.165, 1.54) is 5.56 Å². The van der Waals surface area contributed by atoms with Crippen molar-refractivity contribution in [2.45, 2.75) is 19.5 Å². The van der Waals surface area contributed by atoms with Gasteiger partial charge in [-0.3, -0.25) is 9.78 Å². The number of ether oxygens (including phenoxy) is 1. The molecule has 0 spiro atoms. The molecule has 0 fully saturated rings. The molecule has 32 heavy (non-hydrogen) atoms. The van der Waals surface area contributed by atoms with Crippen molar-refractivity contribution in [2.75, 3.05) is 11.9 Å². The second-order valence-electron chi connectivity index (χ2n) is 7.48. The Kier molecular flexibility index (Phi) is 5.48. The maximum atomic E-state index is 12.7. The average molecular weight is 426 g/mol. The van der Waals surface area contributed by atoms with E-state index in [1.54, 1.807) is 18.5 Å². The molecule has 8 heteroatoms. The summed E-state index contributed by atoms with van der Waals surface area (Å²) in [5.74, 6) is 2.16. The fourth-order valence-corrected chi connectivity index (χ4v) is 3.67. The molecule has 0 atom stereocenters. The quantitative estimate of drug-likeness (QED) is 0.419. The lowest BCUT2D eigenvalue weighted by molar-refractivity contribution is 0.0950. The van der Waals surface area contributed by atoms with Crippen molar-refractivity contribution in [2.24, 2.45) is 0 Å². The van der Waals surface area contributed by atoms with Crippen LogP contribution >= 0.6 is 0 Å². The van der Waals surface area contributed by atoms with Crippen molar-refractivity contribution in [3.63, 3.8) is 0 Å². The number of amides is 1. The van der Waals surface area contributed by atoms with E-state index in [4.69, 9.17) is 4.74 Å². The Hall–Kier alpha value is -4.20. The van der Waals surface area contributed by atoms with E-state index in [2.05, 4.69) is 36.9 Å². The second kappa shape index (κ2) is 8.89. The van der Waals surface area contributed by atoms with E-state index in [0.29, 0.717) is 36.9 Å². The molecule has 1 aliphatic rings. The molecule has 0 saturated heterocycles. The Labute approximate surface area is 185 Å². The highest BCUT2D eigenvalue weighted by Gasteiger charge is 2.16. The molecule has 0 unspecified atom stereocenters. The molecule has 3 heterocycles. The molecule has 0 saturated carbocycles. The Morgan fingerprint density at radius 2 is 1.91 bits per heavy atom. The smallest absolute Gasteiger partial charge is 0.251 e. The zero-order valence-electron chi connectivity index (χ0n) is 17.3. The second-order valence-corrected chi connectivity index (χ2v) is 7.48. The van der Waals surface area contributed by atoms with E-state index in [0.717, 1.165) is 29.0 Å². The molecule has 8 nitrogen and oxygen atoms in total. The summed E-state index contributed by atoms with van der Waals surface area (Å²) in [6, 6.07) is 17.2. The molecule has 5 rings (SSSR count). The highest BCUT2D eigenvalue weighted by molar-refractivity contribution is 5.95. The first kappa shape index (κ1) is 19.7. The highest BCUT2D eigenvalue weighted by Crippen LogP contribution is 2.29. The van der Waals surface area contributed by atoms with Crippen LogP contribution in [-0.4, -0.2) is 32.7 Å². The highest BCUT2D eigenvalue weighted by atomic mass is 16.5. The number of aromatic nitrogens is 4. The van der Waals surface area contributed by atoms with Crippen molar-refractivity contribution in [1.82, 2.24) is 25.5 Å². The van der Waals surface area contributed by atoms with Gasteiger partial charge < -0.3 is 20.4 Å². The molecular formula is C24H22N6O2. The van der Waals surface area contributed by atoms with Crippen LogP contribution in [0.25, 0.3) is 11.4 Å². The minimum atomic E-state index is -0.135. The summed E-state index contributed by atoms with van der Waals surface area (Å²) in [5, 5.41) is 14.6. The van der Waals surface area contributed by atoms with Gasteiger partial charge in [0.05, 0.1) is 13.2 Å². The number of anilines is 1. The summed E-state index contributed by atoms with van der Waals surface area (Å²) < 4.78 is 5.71. The van der Waals surface area contributed by atoms with E-state index in [9.17, 15) is 4.79 Å². The first-order valence-corrected chi connectivity index (χ1v) is 10.4. The Balaban J connectivity index is 1.20. The molecule has 0 radical (unpaired) electrons. The SMILES string of the molecule is O=C(NCc1cccc2c1OCC2)c1cccc(NCc2nnc(-c3ccncc3)[nH]2)c1. The van der Waals surface area contributed by atoms with E-state index in [1.807, 2.05) is 42.5 Å². The van der Waals surface area contributed by atoms with E-state index in [-0.39, 0.29) is 5.91 Å². The first-order chi connectivity index (χ1) is 15.8. The van der Waals surface area contributed by atoms with Gasteiger partial charge in [0.1, 0.15) is 11.6 Å². The summed E-state index contributed by atoms with van der Waals surface area (Å²) in [5.41, 5.74) is 4.52. The molecule has 2 aromatic carbocycles. The van der Waals surface area contributed by atoms with E-state index >= 15 is 0 Å². The zero-order chi connectivity index (χ0) is 21.8. The topological polar surface area (TPSA) is 105 Å². The van der Waals surface area contributed by atoms with Crippen LogP contribution in [0, 0.1) is 0 Å². The summed E-state index contributed by atoms with van der Waals surface area (Å²) in [7, 11) is 0. The number of rotatable bonds is 7. The van der Waals surface area contributed by atoms with Gasteiger partial charge in [-0.15, -0.1) is 10.2 Å². The van der Waals surface area contributed by atoms with Gasteiger partial charge in [-0.25, -0.2) is 0 Å². The van der Waals surface area contributed by atoms with Crippen LogP contribution in [-0.2, 0) is 19.5 Å². The van der Waals surface area contributed by atoms with Crippen LogP contribution in [0.3, 0.4) is 0 Å². The summed E-state index contributed by atoms with van der Waals surface area (Å²) in [6.07, 6.45) is 4.34. The van der Waals surface area contributed by atoms with Crippen LogP contribution in [0.2, 0.25) is 0 Å². The number of benzene rings is 2. The number of carbonyl (C=O) groups is 1. The molecule has 1 aliphatic heterocycles. The van der Waals surface area contributed by atoms with Crippen molar-refractivity contribution in [1.29, 1.82) is 0 Å². The lowest BCUT2D eigenvalue weighted by Gasteiger charge is -2.10. The minimum Gasteiger partial charge on any atom is -0.493 e. The maximum Gasteiger partial charge on any atom is 0.251 e. The van der Waals surface area contributed by atoms with Gasteiger partial charge in [-0.1, -0.05) is 24.3 Å². The Morgan fingerprint density at radius 3 is 2.81 bits per heavy atom. The summed E-state index contributed by atoms with van der Waals surface area (Å²) >= 11 is 0. The van der Waals surface area contributed by atoms with Gasteiger partial charge in [0.15, 0.2) is 5.82 Å². The summed E-state index contributed by atoms with van der Waals surface area (Å²) in [6.45, 7) is 1.58. The van der Waals surface area contributed by atoms with Crippen molar-refractivity contribution in [3.8, 4) is 17.1 Å². The van der Waals surface area contributed by atoms with Crippen molar-refractivity contribution in [3.05, 3.63) is 89.5 Å². The molecule has 3 N–H and O–H groups in total. The predicted octanol–water partition coefficient (Wildman–Crippen LogP) is 3.34. The fourth-order valence-electron chi connectivity index (χ4n) is 3.67. The fraction of sp³-hybridized carbons (Fsp3) is 0.167. The summed E-state index contributed by atoms with van der Waals surface area (Å²) in [4.78, 5) is 19.9. The van der Waals surface area contributed by atoms with Crippen LogP contribution in [0.15, 0.2) is 67.0 Å².